The first-order chi connectivity index (χ1) is 9.10. The zero-order valence-electron chi connectivity index (χ0n) is 11.3. The smallest absolute Gasteiger partial charge is 0.251 e. The molecule has 1 amide bonds. The molecular weight excluding hydrogens is 246 g/mol. The van der Waals surface area contributed by atoms with Crippen molar-refractivity contribution in [1.82, 2.24) is 5.32 Å². The van der Waals surface area contributed by atoms with Crippen molar-refractivity contribution in [3.05, 3.63) is 29.8 Å². The molecule has 0 radical (unpaired) electrons. The molecule has 1 rings (SSSR count). The Morgan fingerprint density at radius 2 is 1.79 bits per heavy atom. The fourth-order valence-corrected chi connectivity index (χ4v) is 1.62. The minimum Gasteiger partial charge on any atom is -0.494 e. The Morgan fingerprint density at radius 1 is 1.21 bits per heavy atom. The van der Waals surface area contributed by atoms with Crippen LogP contribution >= 0.6 is 0 Å². The van der Waals surface area contributed by atoms with Crippen LogP contribution in [0.3, 0.4) is 0 Å². The number of ether oxygens (including phenoxy) is 1. The van der Waals surface area contributed by atoms with Crippen LogP contribution in [-0.4, -0.2) is 41.5 Å². The van der Waals surface area contributed by atoms with Crippen molar-refractivity contribution in [2.75, 3.05) is 19.8 Å². The lowest BCUT2D eigenvalue weighted by Gasteiger charge is -2.29. The number of carbonyl (C=O) groups excluding carboxylic acids is 1. The molecule has 0 atom stereocenters. The van der Waals surface area contributed by atoms with Gasteiger partial charge in [0, 0.05) is 5.56 Å². The van der Waals surface area contributed by atoms with Gasteiger partial charge in [0.15, 0.2) is 0 Å². The molecule has 0 saturated carbocycles. The Hall–Kier alpha value is -1.59. The molecule has 0 heterocycles. The van der Waals surface area contributed by atoms with Gasteiger partial charge in [0.05, 0.1) is 25.4 Å². The first-order valence-corrected chi connectivity index (χ1v) is 6.38. The summed E-state index contributed by atoms with van der Waals surface area (Å²) in [4.78, 5) is 12.0. The average molecular weight is 267 g/mol. The summed E-state index contributed by atoms with van der Waals surface area (Å²) >= 11 is 0. The van der Waals surface area contributed by atoms with Gasteiger partial charge in [-0.2, -0.15) is 0 Å². The fraction of sp³-hybridized carbons (Fsp3) is 0.500. The van der Waals surface area contributed by atoms with Gasteiger partial charge in [-0.3, -0.25) is 4.79 Å². The molecule has 19 heavy (non-hydrogen) atoms. The molecule has 3 N–H and O–H groups in total. The number of aliphatic hydroxyl groups excluding tert-OH is 2. The highest BCUT2D eigenvalue weighted by molar-refractivity contribution is 5.94. The van der Waals surface area contributed by atoms with Crippen molar-refractivity contribution in [2.45, 2.75) is 25.8 Å². The second-order valence-electron chi connectivity index (χ2n) is 4.36. The standard InChI is InChI=1S/C14H21NO4/c1-3-14(9-16,10-17)15-13(18)11-5-7-12(8-6-11)19-4-2/h5-8,16-17H,3-4,9-10H2,1-2H3,(H,15,18). The first-order valence-electron chi connectivity index (χ1n) is 6.38. The molecule has 0 spiro atoms. The van der Waals surface area contributed by atoms with E-state index in [1.807, 2.05) is 6.92 Å². The largest absolute Gasteiger partial charge is 0.494 e. The number of rotatable bonds is 7. The monoisotopic (exact) mass is 267 g/mol. The fourth-order valence-electron chi connectivity index (χ4n) is 1.62. The lowest BCUT2D eigenvalue weighted by Crippen LogP contribution is -2.53. The quantitative estimate of drug-likeness (QED) is 0.687. The van der Waals surface area contributed by atoms with Gasteiger partial charge < -0.3 is 20.3 Å². The van der Waals surface area contributed by atoms with Crippen LogP contribution in [0, 0.1) is 0 Å². The molecule has 0 aliphatic heterocycles. The highest BCUT2D eigenvalue weighted by atomic mass is 16.5. The number of carbonyl (C=O) groups is 1. The maximum absolute atomic E-state index is 12.0. The lowest BCUT2D eigenvalue weighted by atomic mass is 9.98. The molecule has 0 aliphatic rings. The third kappa shape index (κ3) is 3.94. The van der Waals surface area contributed by atoms with E-state index in [1.54, 1.807) is 31.2 Å². The van der Waals surface area contributed by atoms with Gasteiger partial charge >= 0.3 is 0 Å². The summed E-state index contributed by atoms with van der Waals surface area (Å²) in [5, 5.41) is 21.3. The number of hydrogen-bond acceptors (Lipinski definition) is 4. The first kappa shape index (κ1) is 15.5. The van der Waals surface area contributed by atoms with E-state index in [1.165, 1.54) is 0 Å². The van der Waals surface area contributed by atoms with Gasteiger partial charge in [0.1, 0.15) is 5.75 Å². The maximum atomic E-state index is 12.0. The van der Waals surface area contributed by atoms with Gasteiger partial charge in [0.25, 0.3) is 5.91 Å². The molecule has 0 aliphatic carbocycles. The summed E-state index contributed by atoms with van der Waals surface area (Å²) in [5.41, 5.74) is -0.515. The summed E-state index contributed by atoms with van der Waals surface area (Å²) in [5.74, 6) is 0.373. The number of benzene rings is 1. The van der Waals surface area contributed by atoms with E-state index >= 15 is 0 Å². The Labute approximate surface area is 113 Å². The molecule has 0 aromatic heterocycles. The Kier molecular flexibility index (Phi) is 5.79. The van der Waals surface area contributed by atoms with Gasteiger partial charge in [-0.05, 0) is 37.6 Å². The van der Waals surface area contributed by atoms with Crippen LogP contribution in [0.25, 0.3) is 0 Å². The molecule has 5 nitrogen and oxygen atoms in total. The predicted octanol–water partition coefficient (Wildman–Crippen LogP) is 0.948. The van der Waals surface area contributed by atoms with Crippen LogP contribution in [0.15, 0.2) is 24.3 Å². The van der Waals surface area contributed by atoms with E-state index in [9.17, 15) is 15.0 Å². The molecule has 1 aromatic rings. The second-order valence-corrected chi connectivity index (χ2v) is 4.36. The van der Waals surface area contributed by atoms with Gasteiger partial charge in [-0.25, -0.2) is 0 Å². The van der Waals surface area contributed by atoms with Gasteiger partial charge in [-0.15, -0.1) is 0 Å². The topological polar surface area (TPSA) is 78.8 Å². The van der Waals surface area contributed by atoms with Crippen LogP contribution in [0.1, 0.15) is 30.6 Å². The highest BCUT2D eigenvalue weighted by Gasteiger charge is 2.28. The lowest BCUT2D eigenvalue weighted by molar-refractivity contribution is 0.0653. The van der Waals surface area contributed by atoms with Crippen LogP contribution < -0.4 is 10.1 Å². The van der Waals surface area contributed by atoms with Crippen molar-refractivity contribution >= 4 is 5.91 Å². The number of amides is 1. The van der Waals surface area contributed by atoms with E-state index in [0.29, 0.717) is 24.3 Å². The minimum atomic E-state index is -0.977. The third-order valence-electron chi connectivity index (χ3n) is 3.09. The number of aliphatic hydroxyl groups is 2. The molecule has 0 bridgehead atoms. The Balaban J connectivity index is 2.77. The van der Waals surface area contributed by atoms with E-state index in [2.05, 4.69) is 5.32 Å². The summed E-state index contributed by atoms with van der Waals surface area (Å²) in [6.45, 7) is 3.65. The van der Waals surface area contributed by atoms with Crippen molar-refractivity contribution < 1.29 is 19.7 Å². The highest BCUT2D eigenvalue weighted by Crippen LogP contribution is 2.14. The van der Waals surface area contributed by atoms with Crippen molar-refractivity contribution in [3.63, 3.8) is 0 Å². The second kappa shape index (κ2) is 7.11. The molecule has 0 unspecified atom stereocenters. The molecule has 0 saturated heterocycles. The van der Waals surface area contributed by atoms with E-state index in [-0.39, 0.29) is 19.1 Å². The summed E-state index contributed by atoms with van der Waals surface area (Å²) in [7, 11) is 0. The molecule has 0 fully saturated rings. The Bertz CT molecular complexity index is 390. The average Bonchev–Trinajstić information content (AvgIpc) is 2.46. The Morgan fingerprint density at radius 3 is 2.21 bits per heavy atom. The van der Waals surface area contributed by atoms with Crippen LogP contribution in [-0.2, 0) is 0 Å². The van der Waals surface area contributed by atoms with Crippen molar-refractivity contribution in [3.8, 4) is 5.75 Å². The van der Waals surface area contributed by atoms with Crippen LogP contribution in [0.4, 0.5) is 0 Å². The molecule has 1 aromatic carbocycles. The zero-order chi connectivity index (χ0) is 14.3. The van der Waals surface area contributed by atoms with Gasteiger partial charge in [0.2, 0.25) is 0 Å². The van der Waals surface area contributed by atoms with Crippen LogP contribution in [0.2, 0.25) is 0 Å². The minimum absolute atomic E-state index is 0.303. The van der Waals surface area contributed by atoms with Crippen molar-refractivity contribution in [2.24, 2.45) is 0 Å². The van der Waals surface area contributed by atoms with E-state index < -0.39 is 5.54 Å². The predicted molar refractivity (Wildman–Crippen MR) is 72.3 cm³/mol. The normalized spacial score (nSPS) is 11.2. The number of hydrogen-bond donors (Lipinski definition) is 3. The molecular formula is C14H21NO4. The van der Waals surface area contributed by atoms with E-state index in [0.717, 1.165) is 0 Å². The summed E-state index contributed by atoms with van der Waals surface area (Å²) < 4.78 is 5.29. The van der Waals surface area contributed by atoms with Crippen LogP contribution in [0.5, 0.6) is 5.75 Å². The third-order valence-corrected chi connectivity index (χ3v) is 3.09. The summed E-state index contributed by atoms with van der Waals surface area (Å²) in [6.07, 6.45) is 0.447. The molecule has 106 valence electrons. The zero-order valence-corrected chi connectivity index (χ0v) is 11.3. The van der Waals surface area contributed by atoms with Crippen molar-refractivity contribution in [1.29, 1.82) is 0 Å². The van der Waals surface area contributed by atoms with Gasteiger partial charge in [-0.1, -0.05) is 6.92 Å². The molecule has 5 heteroatoms. The SMILES string of the molecule is CCOc1ccc(C(=O)NC(CC)(CO)CO)cc1. The van der Waals surface area contributed by atoms with E-state index in [4.69, 9.17) is 4.74 Å². The summed E-state index contributed by atoms with van der Waals surface area (Å²) in [6, 6.07) is 6.72. The maximum Gasteiger partial charge on any atom is 0.251 e. The number of nitrogens with one attached hydrogen (secondary N) is 1.